The van der Waals surface area contributed by atoms with Gasteiger partial charge in [-0.05, 0) is 80.8 Å². The standard InChI is InChI=1S/C31H35N7O3S/c1-29(2,3)24-10-9-21-27(35-24)38-18-31(17-30(38,4)5)15-20(31)14-23(22-13-19(16-32)11-12-33-22)34-25-7-6-8-26(36-25)42(40,41)37-28(21)39/h6-13,20,23H,14-15,17-18H2,1-5H3,(H,34,36)(H,37,39). The van der Waals surface area contributed by atoms with Gasteiger partial charge in [0, 0.05) is 29.4 Å². The first kappa shape index (κ1) is 28.1. The summed E-state index contributed by atoms with van der Waals surface area (Å²) >= 11 is 0. The molecule has 2 N–H and O–H groups in total. The summed E-state index contributed by atoms with van der Waals surface area (Å²) in [7, 11) is -4.30. The number of nitriles is 1. The van der Waals surface area contributed by atoms with Gasteiger partial charge in [0.25, 0.3) is 15.9 Å². The maximum absolute atomic E-state index is 13.7. The molecule has 4 bridgehead atoms. The Hall–Kier alpha value is -4.04. The minimum atomic E-state index is -4.30. The predicted molar refractivity (Wildman–Crippen MR) is 158 cm³/mol. The summed E-state index contributed by atoms with van der Waals surface area (Å²) in [6.45, 7) is 11.2. The normalized spacial score (nSPS) is 25.9. The van der Waals surface area contributed by atoms with Gasteiger partial charge in [0.15, 0.2) is 5.03 Å². The summed E-state index contributed by atoms with van der Waals surface area (Å²) in [5, 5.41) is 12.6. The lowest BCUT2D eigenvalue weighted by molar-refractivity contribution is 0.0981. The number of carbonyl (C=O) groups is 1. The summed E-state index contributed by atoms with van der Waals surface area (Å²) in [5.41, 5.74) is 1.64. The van der Waals surface area contributed by atoms with Gasteiger partial charge in [-0.15, -0.1) is 0 Å². The first-order valence-corrected chi connectivity index (χ1v) is 15.7. The Morgan fingerprint density at radius 1 is 1.12 bits per heavy atom. The van der Waals surface area contributed by atoms with Gasteiger partial charge in [0.2, 0.25) is 0 Å². The van der Waals surface area contributed by atoms with Crippen molar-refractivity contribution >= 4 is 27.6 Å². The van der Waals surface area contributed by atoms with Crippen LogP contribution < -0.4 is 14.9 Å². The van der Waals surface area contributed by atoms with Gasteiger partial charge >= 0.3 is 0 Å². The maximum Gasteiger partial charge on any atom is 0.281 e. The predicted octanol–water partition coefficient (Wildman–Crippen LogP) is 4.71. The van der Waals surface area contributed by atoms with Crippen molar-refractivity contribution < 1.29 is 13.2 Å². The van der Waals surface area contributed by atoms with Gasteiger partial charge in [-0.1, -0.05) is 26.8 Å². The Morgan fingerprint density at radius 3 is 2.64 bits per heavy atom. The van der Waals surface area contributed by atoms with E-state index >= 15 is 0 Å². The van der Waals surface area contributed by atoms with E-state index in [-0.39, 0.29) is 33.0 Å². The Balaban J connectivity index is 1.50. The monoisotopic (exact) mass is 585 g/mol. The molecule has 10 nitrogen and oxygen atoms in total. The number of nitrogens with zero attached hydrogens (tertiary/aromatic N) is 5. The van der Waals surface area contributed by atoms with Crippen molar-refractivity contribution in [3.8, 4) is 6.07 Å². The molecule has 6 rings (SSSR count). The molecule has 1 amide bonds. The topological polar surface area (TPSA) is 141 Å². The number of aromatic nitrogens is 3. The minimum Gasteiger partial charge on any atom is -0.362 e. The van der Waals surface area contributed by atoms with E-state index < -0.39 is 15.9 Å². The van der Waals surface area contributed by atoms with Gasteiger partial charge in [-0.2, -0.15) is 13.7 Å². The second-order valence-electron chi connectivity index (χ2n) is 13.5. The molecule has 42 heavy (non-hydrogen) atoms. The first-order valence-electron chi connectivity index (χ1n) is 14.2. The van der Waals surface area contributed by atoms with Gasteiger partial charge in [0.1, 0.15) is 11.6 Å². The van der Waals surface area contributed by atoms with E-state index in [2.05, 4.69) is 65.6 Å². The molecule has 3 unspecified atom stereocenters. The number of carbonyl (C=O) groups excluding carboxylic acids is 1. The zero-order valence-electron chi connectivity index (χ0n) is 24.5. The number of hydrogen-bond donors (Lipinski definition) is 2. The highest BCUT2D eigenvalue weighted by Gasteiger charge is 2.63. The summed E-state index contributed by atoms with van der Waals surface area (Å²) < 4.78 is 29.1. The second-order valence-corrected chi connectivity index (χ2v) is 15.1. The fourth-order valence-corrected chi connectivity index (χ4v) is 7.56. The van der Waals surface area contributed by atoms with Crippen molar-refractivity contribution in [1.82, 2.24) is 19.7 Å². The summed E-state index contributed by atoms with van der Waals surface area (Å²) in [4.78, 5) is 29.8. The highest BCUT2D eigenvalue weighted by Crippen LogP contribution is 2.65. The lowest BCUT2D eigenvalue weighted by Gasteiger charge is -2.34. The van der Waals surface area contributed by atoms with E-state index in [9.17, 15) is 18.5 Å². The van der Waals surface area contributed by atoms with E-state index in [0.29, 0.717) is 35.4 Å². The van der Waals surface area contributed by atoms with Gasteiger partial charge in [0.05, 0.1) is 28.9 Å². The average Bonchev–Trinajstić information content (AvgIpc) is 3.50. The molecule has 1 saturated carbocycles. The lowest BCUT2D eigenvalue weighted by Crippen LogP contribution is -2.41. The summed E-state index contributed by atoms with van der Waals surface area (Å²) in [5.74, 6) is 0.436. The lowest BCUT2D eigenvalue weighted by atomic mass is 9.90. The van der Waals surface area contributed by atoms with Gasteiger partial charge in [-0.25, -0.2) is 14.7 Å². The number of pyridine rings is 3. The fourth-order valence-electron chi connectivity index (χ4n) is 6.63. The Labute approximate surface area is 246 Å². The minimum absolute atomic E-state index is 0.00493. The number of amides is 1. The number of hydrogen-bond acceptors (Lipinski definition) is 9. The Morgan fingerprint density at radius 2 is 1.90 bits per heavy atom. The molecule has 11 heteroatoms. The molecule has 1 saturated heterocycles. The van der Waals surface area contributed by atoms with E-state index in [1.165, 1.54) is 6.07 Å². The number of anilines is 2. The molecule has 3 atom stereocenters. The Bertz CT molecular complexity index is 1740. The summed E-state index contributed by atoms with van der Waals surface area (Å²) in [6.07, 6.45) is 4.25. The van der Waals surface area contributed by atoms with Crippen LogP contribution in [-0.4, -0.2) is 41.4 Å². The van der Waals surface area contributed by atoms with Gasteiger partial charge < -0.3 is 10.2 Å². The first-order chi connectivity index (χ1) is 19.7. The molecule has 3 aromatic heterocycles. The maximum atomic E-state index is 13.7. The SMILES string of the molecule is CC(C)(C)c1ccc2c(n1)N1CC3(CC3CC(c3cc(C#N)ccn3)Nc3cccc(n3)S(=O)(=O)NC2=O)CC1(C)C. The van der Waals surface area contributed by atoms with Crippen LogP contribution in [0, 0.1) is 22.7 Å². The summed E-state index contributed by atoms with van der Waals surface area (Å²) in [6, 6.07) is 13.4. The largest absolute Gasteiger partial charge is 0.362 e. The molecule has 5 heterocycles. The third-order valence-electron chi connectivity index (χ3n) is 8.83. The smallest absolute Gasteiger partial charge is 0.281 e. The Kier molecular flexibility index (Phi) is 6.35. The number of sulfonamides is 1. The molecule has 1 spiro atoms. The van der Waals surface area contributed by atoms with Crippen molar-refractivity contribution in [2.24, 2.45) is 11.3 Å². The molecule has 0 radical (unpaired) electrons. The second kappa shape index (κ2) is 9.49. The number of nitrogens with one attached hydrogen (secondary N) is 2. The third kappa shape index (κ3) is 4.98. The highest BCUT2D eigenvalue weighted by atomic mass is 32.2. The molecule has 2 fully saturated rings. The zero-order chi connectivity index (χ0) is 30.1. The van der Waals surface area contributed by atoms with E-state index in [1.54, 1.807) is 42.6 Å². The molecule has 3 aromatic rings. The molecular weight excluding hydrogens is 550 g/mol. The van der Waals surface area contributed by atoms with Crippen LogP contribution in [0.15, 0.2) is 53.7 Å². The van der Waals surface area contributed by atoms with Crippen molar-refractivity contribution in [3.63, 3.8) is 0 Å². The quantitative estimate of drug-likeness (QED) is 0.415. The van der Waals surface area contributed by atoms with Gasteiger partial charge in [-0.3, -0.25) is 9.78 Å². The molecule has 218 valence electrons. The fraction of sp³-hybridized carbons (Fsp3) is 0.452. The number of rotatable bonds is 1. The van der Waals surface area contributed by atoms with Crippen molar-refractivity contribution in [2.45, 2.75) is 75.9 Å². The van der Waals surface area contributed by atoms with Crippen LogP contribution in [0.5, 0.6) is 0 Å². The molecular formula is C31H35N7O3S. The average molecular weight is 586 g/mol. The van der Waals surface area contributed by atoms with E-state index in [0.717, 1.165) is 25.0 Å². The van der Waals surface area contributed by atoms with Crippen LogP contribution in [0.3, 0.4) is 0 Å². The highest BCUT2D eigenvalue weighted by molar-refractivity contribution is 7.90. The number of fused-ring (bicyclic) bond motifs is 5. The van der Waals surface area contributed by atoms with Crippen LogP contribution in [0.1, 0.15) is 87.2 Å². The van der Waals surface area contributed by atoms with E-state index in [1.807, 2.05) is 0 Å². The molecule has 3 aliphatic rings. The van der Waals surface area contributed by atoms with Crippen molar-refractivity contribution in [3.05, 3.63) is 71.2 Å². The van der Waals surface area contributed by atoms with Crippen LogP contribution in [0.2, 0.25) is 0 Å². The molecule has 1 aliphatic carbocycles. The van der Waals surface area contributed by atoms with Crippen molar-refractivity contribution in [2.75, 3.05) is 16.8 Å². The van der Waals surface area contributed by atoms with Crippen LogP contribution in [0.25, 0.3) is 0 Å². The van der Waals surface area contributed by atoms with Crippen LogP contribution in [0.4, 0.5) is 11.6 Å². The molecule has 2 aliphatic heterocycles. The van der Waals surface area contributed by atoms with Crippen molar-refractivity contribution in [1.29, 1.82) is 5.26 Å². The zero-order valence-corrected chi connectivity index (χ0v) is 25.3. The van der Waals surface area contributed by atoms with Crippen LogP contribution >= 0.6 is 0 Å². The third-order valence-corrected chi connectivity index (χ3v) is 10.1. The van der Waals surface area contributed by atoms with E-state index in [4.69, 9.17) is 4.98 Å². The van der Waals surface area contributed by atoms with Crippen LogP contribution in [-0.2, 0) is 15.4 Å². The molecule has 0 aromatic carbocycles.